The third-order valence-electron chi connectivity index (χ3n) is 5.40. The van der Waals surface area contributed by atoms with Gasteiger partial charge in [-0.3, -0.25) is 10.1 Å². The minimum Gasteiger partial charge on any atom is -0.483 e. The van der Waals surface area contributed by atoms with Crippen LogP contribution in [-0.2, 0) is 4.79 Å². The number of carbonyl (C=O) groups excluding carboxylic acids is 1. The van der Waals surface area contributed by atoms with Crippen molar-refractivity contribution in [2.24, 2.45) is 0 Å². The van der Waals surface area contributed by atoms with E-state index in [2.05, 4.69) is 29.4 Å². The Hall–Kier alpha value is -4.04. The van der Waals surface area contributed by atoms with E-state index in [1.807, 2.05) is 55.5 Å². The zero-order valence-electron chi connectivity index (χ0n) is 19.6. The molecule has 7 nitrogen and oxygen atoms in total. The highest BCUT2D eigenvalue weighted by molar-refractivity contribution is 7.18. The van der Waals surface area contributed by atoms with Crippen LogP contribution in [0.1, 0.15) is 41.3 Å². The molecule has 2 N–H and O–H groups in total. The summed E-state index contributed by atoms with van der Waals surface area (Å²) in [5.41, 5.74) is 4.70. The number of amides is 1. The Morgan fingerprint density at radius 2 is 1.77 bits per heavy atom. The first-order chi connectivity index (χ1) is 16.8. The highest BCUT2D eigenvalue weighted by Gasteiger charge is 2.16. The molecule has 0 aliphatic heterocycles. The average molecular weight is 488 g/mol. The van der Waals surface area contributed by atoms with E-state index in [4.69, 9.17) is 4.74 Å². The van der Waals surface area contributed by atoms with Gasteiger partial charge in [-0.2, -0.15) is 0 Å². The number of nitrogens with one attached hydrogen (secondary N) is 1. The van der Waals surface area contributed by atoms with E-state index in [0.717, 1.165) is 27.8 Å². The third-order valence-corrected chi connectivity index (χ3v) is 6.27. The topological polar surface area (TPSA) is 101 Å². The second kappa shape index (κ2) is 10.5. The lowest BCUT2D eigenvalue weighted by Gasteiger charge is -2.14. The lowest BCUT2D eigenvalue weighted by molar-refractivity contribution is -0.118. The molecule has 0 fully saturated rings. The van der Waals surface area contributed by atoms with E-state index in [1.165, 1.54) is 11.3 Å². The number of rotatable bonds is 8. The largest absolute Gasteiger partial charge is 0.483 e. The number of aromatic carboxylic acids is 1. The quantitative estimate of drug-likeness (QED) is 0.315. The van der Waals surface area contributed by atoms with Gasteiger partial charge >= 0.3 is 5.97 Å². The summed E-state index contributed by atoms with van der Waals surface area (Å²) in [6, 6.07) is 20.3. The second-order valence-electron chi connectivity index (χ2n) is 8.38. The van der Waals surface area contributed by atoms with Gasteiger partial charge < -0.3 is 9.84 Å². The number of hydrogen-bond acceptors (Lipinski definition) is 6. The van der Waals surface area contributed by atoms with Crippen LogP contribution in [0, 0.1) is 6.92 Å². The van der Waals surface area contributed by atoms with Crippen LogP contribution in [0.5, 0.6) is 5.75 Å². The number of aromatic nitrogens is 2. The van der Waals surface area contributed by atoms with Crippen molar-refractivity contribution in [1.82, 2.24) is 10.2 Å². The number of ether oxygens (including phenoxy) is 1. The Balaban J connectivity index is 1.49. The minimum atomic E-state index is -0.987. The van der Waals surface area contributed by atoms with Gasteiger partial charge in [0.05, 0.1) is 5.56 Å². The Morgan fingerprint density at radius 1 is 1.00 bits per heavy atom. The highest BCUT2D eigenvalue weighted by Crippen LogP contribution is 2.35. The van der Waals surface area contributed by atoms with Gasteiger partial charge in [0, 0.05) is 5.56 Å². The maximum absolute atomic E-state index is 12.5. The molecule has 4 aromatic rings. The van der Waals surface area contributed by atoms with Crippen LogP contribution < -0.4 is 10.1 Å². The SMILES string of the molecule is Cc1ccc(C(C)C)c(OCC(=O)Nc2nnc(-c3ccccc3-c3cccc(C(=O)O)c3)s2)c1. The van der Waals surface area contributed by atoms with Crippen molar-refractivity contribution < 1.29 is 19.4 Å². The Kier molecular flexibility index (Phi) is 7.22. The van der Waals surface area contributed by atoms with Gasteiger partial charge in [-0.1, -0.05) is 73.7 Å². The van der Waals surface area contributed by atoms with Crippen LogP contribution in [0.4, 0.5) is 5.13 Å². The number of nitrogens with zero attached hydrogens (tertiary/aromatic N) is 2. The zero-order chi connectivity index (χ0) is 24.9. The summed E-state index contributed by atoms with van der Waals surface area (Å²) >= 11 is 1.24. The molecule has 0 aliphatic carbocycles. The molecule has 0 saturated carbocycles. The van der Waals surface area contributed by atoms with Crippen LogP contribution in [0.3, 0.4) is 0 Å². The standard InChI is InChI=1S/C27H25N3O4S/c1-16(2)20-12-11-17(3)13-23(20)34-15-24(31)28-27-30-29-25(35-27)22-10-5-4-9-21(22)18-7-6-8-19(14-18)26(32)33/h4-14,16H,15H2,1-3H3,(H,32,33)(H,28,30,31). The Morgan fingerprint density at radius 3 is 2.51 bits per heavy atom. The molecule has 0 atom stereocenters. The first kappa shape index (κ1) is 24.1. The molecule has 0 bridgehead atoms. The summed E-state index contributed by atoms with van der Waals surface area (Å²) in [6.45, 7) is 6.00. The normalized spacial score (nSPS) is 10.9. The first-order valence-electron chi connectivity index (χ1n) is 11.1. The predicted molar refractivity (Wildman–Crippen MR) is 137 cm³/mol. The van der Waals surface area contributed by atoms with Crippen LogP contribution in [0.2, 0.25) is 0 Å². The van der Waals surface area contributed by atoms with Crippen LogP contribution in [0.25, 0.3) is 21.7 Å². The average Bonchev–Trinajstić information content (AvgIpc) is 3.31. The first-order valence-corrected chi connectivity index (χ1v) is 11.9. The fourth-order valence-electron chi connectivity index (χ4n) is 3.67. The van der Waals surface area contributed by atoms with Crippen LogP contribution in [0.15, 0.2) is 66.7 Å². The van der Waals surface area contributed by atoms with Crippen molar-refractivity contribution in [3.63, 3.8) is 0 Å². The number of carboxylic acids is 1. The molecular formula is C27H25N3O4S. The zero-order valence-corrected chi connectivity index (χ0v) is 20.4. The molecule has 0 unspecified atom stereocenters. The summed E-state index contributed by atoms with van der Waals surface area (Å²) in [5, 5.41) is 21.4. The summed E-state index contributed by atoms with van der Waals surface area (Å²) < 4.78 is 5.81. The van der Waals surface area contributed by atoms with Crippen LogP contribution >= 0.6 is 11.3 Å². The number of benzene rings is 3. The molecule has 1 heterocycles. The van der Waals surface area contributed by atoms with Gasteiger partial charge in [0.15, 0.2) is 6.61 Å². The number of carboxylic acid groups (broad SMARTS) is 1. The summed E-state index contributed by atoms with van der Waals surface area (Å²) in [6.07, 6.45) is 0. The van der Waals surface area contributed by atoms with Crippen molar-refractivity contribution in [3.8, 4) is 27.4 Å². The number of aryl methyl sites for hydroxylation is 1. The van der Waals surface area contributed by atoms with Gasteiger partial charge in [-0.25, -0.2) is 4.79 Å². The molecule has 178 valence electrons. The van der Waals surface area contributed by atoms with E-state index in [1.54, 1.807) is 18.2 Å². The van der Waals surface area contributed by atoms with Gasteiger partial charge in [0.2, 0.25) is 5.13 Å². The predicted octanol–water partition coefficient (Wildman–Crippen LogP) is 6.02. The van der Waals surface area contributed by atoms with Gasteiger partial charge in [-0.05, 0) is 53.3 Å². The fourth-order valence-corrected chi connectivity index (χ4v) is 4.47. The molecular weight excluding hydrogens is 462 g/mol. The van der Waals surface area contributed by atoms with Crippen molar-refractivity contribution in [1.29, 1.82) is 0 Å². The highest BCUT2D eigenvalue weighted by atomic mass is 32.1. The maximum atomic E-state index is 12.5. The van der Waals surface area contributed by atoms with E-state index >= 15 is 0 Å². The summed E-state index contributed by atoms with van der Waals surface area (Å²) in [4.78, 5) is 23.9. The van der Waals surface area contributed by atoms with Gasteiger partial charge in [0.1, 0.15) is 10.8 Å². The fraction of sp³-hybridized carbons (Fsp3) is 0.185. The summed E-state index contributed by atoms with van der Waals surface area (Å²) in [5.74, 6) is -0.341. The number of anilines is 1. The lowest BCUT2D eigenvalue weighted by atomic mass is 9.98. The number of carbonyl (C=O) groups is 2. The molecule has 1 aromatic heterocycles. The second-order valence-corrected chi connectivity index (χ2v) is 9.35. The molecule has 0 aliphatic rings. The minimum absolute atomic E-state index is 0.142. The summed E-state index contributed by atoms with van der Waals surface area (Å²) in [7, 11) is 0. The van der Waals surface area contributed by atoms with E-state index in [9.17, 15) is 14.7 Å². The van der Waals surface area contributed by atoms with Crippen molar-refractivity contribution in [3.05, 3.63) is 83.4 Å². The number of hydrogen-bond donors (Lipinski definition) is 2. The van der Waals surface area contributed by atoms with E-state index in [0.29, 0.717) is 15.9 Å². The molecule has 8 heteroatoms. The van der Waals surface area contributed by atoms with Crippen LogP contribution in [-0.4, -0.2) is 33.8 Å². The molecule has 0 saturated heterocycles. The van der Waals surface area contributed by atoms with Crippen molar-refractivity contribution >= 4 is 28.3 Å². The Labute approximate surface area is 207 Å². The van der Waals surface area contributed by atoms with Gasteiger partial charge in [-0.15, -0.1) is 10.2 Å². The molecule has 0 spiro atoms. The molecule has 4 rings (SSSR count). The lowest BCUT2D eigenvalue weighted by Crippen LogP contribution is -2.20. The Bertz CT molecular complexity index is 1380. The third kappa shape index (κ3) is 5.73. The monoisotopic (exact) mass is 487 g/mol. The van der Waals surface area contributed by atoms with Crippen molar-refractivity contribution in [2.45, 2.75) is 26.7 Å². The van der Waals surface area contributed by atoms with Crippen molar-refractivity contribution in [2.75, 3.05) is 11.9 Å². The maximum Gasteiger partial charge on any atom is 0.335 e. The van der Waals surface area contributed by atoms with Gasteiger partial charge in [0.25, 0.3) is 5.91 Å². The van der Waals surface area contributed by atoms with E-state index in [-0.39, 0.29) is 24.0 Å². The molecule has 3 aromatic carbocycles. The van der Waals surface area contributed by atoms with E-state index < -0.39 is 5.97 Å². The molecule has 35 heavy (non-hydrogen) atoms. The smallest absolute Gasteiger partial charge is 0.335 e. The molecule has 1 amide bonds. The molecule has 0 radical (unpaired) electrons.